The maximum absolute atomic E-state index is 13.3. The molecule has 3 aliphatic rings. The molecule has 0 saturated carbocycles. The number of aliphatic hydroxyl groups excluding tert-OH is 1. The number of urea groups is 1. The van der Waals surface area contributed by atoms with E-state index in [0.717, 1.165) is 76.1 Å². The quantitative estimate of drug-likeness (QED) is 0.203. The lowest BCUT2D eigenvalue weighted by Crippen LogP contribution is -2.46. The molecule has 2 aromatic carbocycles. The summed E-state index contributed by atoms with van der Waals surface area (Å²) in [5.74, 6) is 0.948. The lowest BCUT2D eigenvalue weighted by atomic mass is 9.96. The monoisotopic (exact) mass is 750 g/mol. The molecule has 8 rings (SSSR count). The van der Waals surface area contributed by atoms with Crippen molar-refractivity contribution in [2.24, 2.45) is 14.1 Å². The van der Waals surface area contributed by atoms with Gasteiger partial charge in [0, 0.05) is 74.4 Å². The van der Waals surface area contributed by atoms with Crippen LogP contribution in [0, 0.1) is 13.8 Å². The van der Waals surface area contributed by atoms with Crippen molar-refractivity contribution in [3.8, 4) is 28.3 Å². The molecule has 3 aromatic heterocycles. The minimum atomic E-state index is -0.423. The summed E-state index contributed by atoms with van der Waals surface area (Å²) in [7, 11) is 4.76. The summed E-state index contributed by atoms with van der Waals surface area (Å²) in [6.07, 6.45) is 2.62. The van der Waals surface area contributed by atoms with Crippen LogP contribution in [0.5, 0.6) is 5.88 Å². The second kappa shape index (κ2) is 13.6. The van der Waals surface area contributed by atoms with Crippen LogP contribution < -0.4 is 26.6 Å². The lowest BCUT2D eigenvalue weighted by molar-refractivity contribution is 0.193. The number of aromatic nitrogens is 4. The molecule has 5 aromatic rings. The van der Waals surface area contributed by atoms with Gasteiger partial charge in [0.1, 0.15) is 11.2 Å². The molecule has 2 saturated heterocycles. The molecule has 2 unspecified atom stereocenters. The van der Waals surface area contributed by atoms with Gasteiger partial charge >= 0.3 is 11.7 Å². The summed E-state index contributed by atoms with van der Waals surface area (Å²) in [5, 5.41) is 16.9. The van der Waals surface area contributed by atoms with E-state index in [1.165, 1.54) is 17.2 Å². The van der Waals surface area contributed by atoms with Crippen LogP contribution in [0.4, 0.5) is 16.3 Å². The molecule has 14 heteroatoms. The number of carbonyl (C=O) groups excluding carboxylic acids is 1. The SMILES string of the molecule is COc1nc(-c2cccc(-c3cccc(Nc4nc(C)cc5c4c(=O)n(C)c(=O)n5C)c3C)c2Cl)cc2c1C(N1CCC3(CN(CCO)C(=O)N3)C1)CC2. The second-order valence-electron chi connectivity index (χ2n) is 14.7. The number of carbonyl (C=O) groups is 1. The molecule has 1 spiro atoms. The topological polar surface area (TPSA) is 147 Å². The number of benzene rings is 2. The second-order valence-corrected chi connectivity index (χ2v) is 15.1. The Hall–Kier alpha value is -5.24. The Kier molecular flexibility index (Phi) is 8.98. The maximum Gasteiger partial charge on any atom is 0.330 e. The van der Waals surface area contributed by atoms with Gasteiger partial charge in [0.05, 0.1) is 35.5 Å². The normalized spacial score (nSPS) is 19.6. The maximum atomic E-state index is 13.3. The largest absolute Gasteiger partial charge is 0.481 e. The van der Waals surface area contributed by atoms with E-state index in [-0.39, 0.29) is 24.2 Å². The van der Waals surface area contributed by atoms with Gasteiger partial charge in [0.25, 0.3) is 5.56 Å². The van der Waals surface area contributed by atoms with Crippen LogP contribution in [-0.4, -0.2) is 85.5 Å². The number of fused-ring (bicyclic) bond motifs is 2. The third-order valence-corrected chi connectivity index (χ3v) is 11.8. The number of likely N-dealkylation sites (tertiary alicyclic amines) is 1. The molecule has 2 amide bonds. The molecule has 5 heterocycles. The summed E-state index contributed by atoms with van der Waals surface area (Å²) >= 11 is 7.27. The number of anilines is 2. The first kappa shape index (κ1) is 35.8. The van der Waals surface area contributed by atoms with Crippen LogP contribution in [0.1, 0.15) is 41.3 Å². The number of pyridine rings is 2. The van der Waals surface area contributed by atoms with Crippen LogP contribution in [-0.2, 0) is 20.5 Å². The third-order valence-electron chi connectivity index (χ3n) is 11.4. The first-order chi connectivity index (χ1) is 25.9. The highest BCUT2D eigenvalue weighted by atomic mass is 35.5. The number of amides is 2. The van der Waals surface area contributed by atoms with Gasteiger partial charge in [0.2, 0.25) is 5.88 Å². The zero-order valence-electron chi connectivity index (χ0n) is 31.0. The molecule has 2 aliphatic heterocycles. The Labute approximate surface area is 317 Å². The number of methoxy groups -OCH3 is 1. The zero-order valence-corrected chi connectivity index (χ0v) is 31.8. The van der Waals surface area contributed by atoms with Crippen molar-refractivity contribution in [2.45, 2.75) is 44.7 Å². The van der Waals surface area contributed by atoms with Crippen LogP contribution >= 0.6 is 11.6 Å². The van der Waals surface area contributed by atoms with E-state index < -0.39 is 11.2 Å². The predicted octanol–water partition coefficient (Wildman–Crippen LogP) is 4.83. The van der Waals surface area contributed by atoms with E-state index in [2.05, 4.69) is 26.6 Å². The predicted molar refractivity (Wildman–Crippen MR) is 209 cm³/mol. The zero-order chi connectivity index (χ0) is 38.1. The Bertz CT molecular complexity index is 2480. The number of β-amino-alcohol motifs (C(OH)–C–C–N with tert-alkyl or cyclic N) is 1. The molecule has 0 bridgehead atoms. The van der Waals surface area contributed by atoms with Gasteiger partial charge < -0.3 is 25.4 Å². The number of halogens is 1. The average Bonchev–Trinajstić information content (AvgIpc) is 3.86. The van der Waals surface area contributed by atoms with E-state index in [4.69, 9.17) is 21.3 Å². The molecule has 1 aliphatic carbocycles. The molecule has 2 fully saturated rings. The number of aliphatic hydroxyl groups is 1. The fourth-order valence-electron chi connectivity index (χ4n) is 8.66. The van der Waals surface area contributed by atoms with Crippen molar-refractivity contribution in [3.63, 3.8) is 0 Å². The van der Waals surface area contributed by atoms with Crippen molar-refractivity contribution in [3.05, 3.63) is 96.8 Å². The molecular weight excluding hydrogens is 708 g/mol. The summed E-state index contributed by atoms with van der Waals surface area (Å²) in [5.41, 5.74) is 7.16. The van der Waals surface area contributed by atoms with Crippen LogP contribution in [0.25, 0.3) is 33.3 Å². The van der Waals surface area contributed by atoms with Gasteiger partial charge in [-0.15, -0.1) is 0 Å². The number of hydrogen-bond donors (Lipinski definition) is 3. The van der Waals surface area contributed by atoms with Crippen molar-refractivity contribution in [1.29, 1.82) is 0 Å². The molecule has 13 nitrogen and oxygen atoms in total. The van der Waals surface area contributed by atoms with Gasteiger partial charge in [-0.05, 0) is 68.0 Å². The molecule has 0 radical (unpaired) electrons. The highest BCUT2D eigenvalue weighted by Gasteiger charge is 2.49. The number of aryl methyl sites for hydroxylation is 3. The highest BCUT2D eigenvalue weighted by Crippen LogP contribution is 2.46. The standard InChI is InChI=1S/C40H43ClN8O5/c1-22-18-31-33(37(51)47(4)39(53)46(31)3)35(42-22)43-28-11-7-8-25(23(28)2)26-9-6-10-27(34(26)41)29-19-24-12-13-30(32(24)36(44-29)54-5)48-15-14-40(20-48)21-49(16-17-50)38(52)45-40/h6-11,18-19,30,50H,12-17,20-21H2,1-5H3,(H,42,43)(H,45,52). The van der Waals surface area contributed by atoms with Crippen molar-refractivity contribution in [2.75, 3.05) is 45.2 Å². The minimum absolute atomic E-state index is 0.0535. The smallest absolute Gasteiger partial charge is 0.330 e. The average molecular weight is 751 g/mol. The van der Waals surface area contributed by atoms with E-state index in [1.54, 1.807) is 25.1 Å². The van der Waals surface area contributed by atoms with Crippen molar-refractivity contribution in [1.82, 2.24) is 34.2 Å². The summed E-state index contributed by atoms with van der Waals surface area (Å²) in [4.78, 5) is 52.4. The molecule has 2 atom stereocenters. The summed E-state index contributed by atoms with van der Waals surface area (Å²) in [6.45, 7) is 6.26. The van der Waals surface area contributed by atoms with Crippen LogP contribution in [0.15, 0.2) is 58.1 Å². The summed E-state index contributed by atoms with van der Waals surface area (Å²) in [6, 6.07) is 15.7. The Balaban J connectivity index is 1.11. The number of hydrogen-bond acceptors (Lipinski definition) is 9. The Morgan fingerprint density at radius 3 is 2.56 bits per heavy atom. The Morgan fingerprint density at radius 2 is 1.78 bits per heavy atom. The molecule has 3 N–H and O–H groups in total. The summed E-state index contributed by atoms with van der Waals surface area (Å²) < 4.78 is 8.51. The number of ether oxygens (including phenoxy) is 1. The van der Waals surface area contributed by atoms with Gasteiger partial charge in [0.15, 0.2) is 0 Å². The first-order valence-electron chi connectivity index (χ1n) is 18.2. The van der Waals surface area contributed by atoms with Crippen molar-refractivity contribution < 1.29 is 14.6 Å². The number of rotatable bonds is 8. The van der Waals surface area contributed by atoms with Gasteiger partial charge in [-0.25, -0.2) is 19.6 Å². The van der Waals surface area contributed by atoms with E-state index in [1.807, 2.05) is 50.2 Å². The van der Waals surface area contributed by atoms with Gasteiger partial charge in [-0.1, -0.05) is 41.9 Å². The van der Waals surface area contributed by atoms with Gasteiger partial charge in [-0.3, -0.25) is 18.8 Å². The number of nitrogens with one attached hydrogen (secondary N) is 2. The fourth-order valence-corrected chi connectivity index (χ4v) is 8.98. The highest BCUT2D eigenvalue weighted by molar-refractivity contribution is 6.36. The van der Waals surface area contributed by atoms with Crippen molar-refractivity contribution >= 4 is 40.0 Å². The van der Waals surface area contributed by atoms with E-state index in [9.17, 15) is 19.5 Å². The van der Waals surface area contributed by atoms with E-state index >= 15 is 0 Å². The third kappa shape index (κ3) is 5.82. The lowest BCUT2D eigenvalue weighted by Gasteiger charge is -2.28. The molecule has 54 heavy (non-hydrogen) atoms. The Morgan fingerprint density at radius 1 is 1.02 bits per heavy atom. The minimum Gasteiger partial charge on any atom is -0.481 e. The van der Waals surface area contributed by atoms with Gasteiger partial charge in [-0.2, -0.15) is 0 Å². The van der Waals surface area contributed by atoms with E-state index in [0.29, 0.717) is 46.4 Å². The van der Waals surface area contributed by atoms with Crippen LogP contribution in [0.3, 0.4) is 0 Å². The van der Waals surface area contributed by atoms with Crippen LogP contribution in [0.2, 0.25) is 5.02 Å². The number of nitrogens with zero attached hydrogens (tertiary/aromatic N) is 6. The molecule has 280 valence electrons. The fraction of sp³-hybridized carbons (Fsp3) is 0.375. The first-order valence-corrected chi connectivity index (χ1v) is 18.5. The molecular formula is C40H43ClN8O5.